The minimum atomic E-state index is -0.349. The van der Waals surface area contributed by atoms with Crippen LogP contribution >= 0.6 is 0 Å². The van der Waals surface area contributed by atoms with Crippen LogP contribution in [0.3, 0.4) is 0 Å². The maximum Gasteiger partial charge on any atom is 0.317 e. The van der Waals surface area contributed by atoms with Crippen LogP contribution in [-0.2, 0) is 20.8 Å². The van der Waals surface area contributed by atoms with E-state index in [-0.39, 0.29) is 24.1 Å². The van der Waals surface area contributed by atoms with Gasteiger partial charge in [-0.05, 0) is 54.9 Å². The van der Waals surface area contributed by atoms with E-state index in [2.05, 4.69) is 34.0 Å². The number of carbonyl (C=O) groups is 2. The number of hydrogen-bond donors (Lipinski definition) is 3. The van der Waals surface area contributed by atoms with E-state index < -0.39 is 0 Å². The summed E-state index contributed by atoms with van der Waals surface area (Å²) in [4.78, 5) is 35.8. The fourth-order valence-electron chi connectivity index (χ4n) is 4.88. The number of aromatic amines is 1. The number of amides is 3. The predicted octanol–water partition coefficient (Wildman–Crippen LogP) is 3.57. The van der Waals surface area contributed by atoms with Gasteiger partial charge in [-0.3, -0.25) is 4.79 Å². The molecule has 5 rings (SSSR count). The molecular weight excluding hydrogens is 432 g/mol. The lowest BCUT2D eigenvalue weighted by Crippen LogP contribution is -2.45. The molecule has 2 aliphatic heterocycles. The van der Waals surface area contributed by atoms with E-state index in [0.717, 1.165) is 48.8 Å². The average Bonchev–Trinajstić information content (AvgIpc) is 3.30. The smallest absolute Gasteiger partial charge is 0.317 e. The number of ether oxygens (including phenoxy) is 1. The summed E-state index contributed by atoms with van der Waals surface area (Å²) < 4.78 is 5.49. The van der Waals surface area contributed by atoms with Gasteiger partial charge >= 0.3 is 6.03 Å². The second kappa shape index (κ2) is 10.4. The first kappa shape index (κ1) is 22.7. The summed E-state index contributed by atoms with van der Waals surface area (Å²) in [6.07, 6.45) is 10.8. The number of nitrogens with one attached hydrogen (secondary N) is 3. The molecule has 1 aromatic heterocycles. The van der Waals surface area contributed by atoms with Crippen molar-refractivity contribution in [3.05, 3.63) is 59.3 Å². The number of aromatic nitrogens is 1. The topological polar surface area (TPSA) is 95.7 Å². The number of likely N-dealkylation sites (tertiary alicyclic amines) is 1. The number of H-pyrrole nitrogens is 1. The molecule has 2 fully saturated rings. The molecule has 3 amide bonds. The first-order valence-corrected chi connectivity index (χ1v) is 12.2. The molecule has 2 atom stereocenters. The van der Waals surface area contributed by atoms with Gasteiger partial charge < -0.3 is 19.9 Å². The average molecular weight is 465 g/mol. The molecule has 0 spiro atoms. The Balaban J connectivity index is 1.08. The van der Waals surface area contributed by atoms with Crippen LogP contribution in [0.5, 0.6) is 0 Å². The second-order valence-corrected chi connectivity index (χ2v) is 9.16. The van der Waals surface area contributed by atoms with Crippen molar-refractivity contribution >= 4 is 22.8 Å². The summed E-state index contributed by atoms with van der Waals surface area (Å²) in [6, 6.07) is 8.15. The van der Waals surface area contributed by atoms with Crippen molar-refractivity contribution in [1.29, 1.82) is 0 Å². The number of allylic oxidation sites excluding steroid dienone is 1. The Morgan fingerprint density at radius 3 is 3.00 bits per heavy atom. The zero-order valence-corrected chi connectivity index (χ0v) is 19.3. The number of piperidine rings is 1. The number of para-hydroxylation sites is 1. The van der Waals surface area contributed by atoms with Crippen LogP contribution in [0.2, 0.25) is 0 Å². The van der Waals surface area contributed by atoms with Crippen LogP contribution < -0.4 is 10.8 Å². The third kappa shape index (κ3) is 5.18. The quantitative estimate of drug-likeness (QED) is 0.570. The number of hydroxylamine groups is 1. The zero-order chi connectivity index (χ0) is 23.3. The van der Waals surface area contributed by atoms with Crippen molar-refractivity contribution in [2.45, 2.75) is 44.8 Å². The fraction of sp³-hybridized carbons (Fsp3) is 0.462. The Kier molecular flexibility index (Phi) is 6.97. The Hall–Kier alpha value is -3.10. The van der Waals surface area contributed by atoms with Crippen molar-refractivity contribution in [3.63, 3.8) is 0 Å². The van der Waals surface area contributed by atoms with Gasteiger partial charge in [0.25, 0.3) is 5.91 Å². The van der Waals surface area contributed by atoms with Gasteiger partial charge in [0.15, 0.2) is 6.29 Å². The molecule has 8 heteroatoms. The lowest BCUT2D eigenvalue weighted by molar-refractivity contribution is -0.201. The number of nitrogens with zero attached hydrogens (tertiary/aromatic N) is 1. The van der Waals surface area contributed by atoms with Gasteiger partial charge in [-0.2, -0.15) is 0 Å². The number of rotatable bonds is 6. The highest BCUT2D eigenvalue weighted by atomic mass is 16.8. The molecule has 34 heavy (non-hydrogen) atoms. The van der Waals surface area contributed by atoms with Gasteiger partial charge in [0.2, 0.25) is 0 Å². The lowest BCUT2D eigenvalue weighted by atomic mass is 9.86. The van der Waals surface area contributed by atoms with Crippen molar-refractivity contribution in [3.8, 4) is 0 Å². The summed E-state index contributed by atoms with van der Waals surface area (Å²) >= 11 is 0. The molecule has 2 aromatic rings. The van der Waals surface area contributed by atoms with Crippen LogP contribution in [0.25, 0.3) is 10.9 Å². The van der Waals surface area contributed by atoms with Crippen LogP contribution in [0, 0.1) is 5.92 Å². The van der Waals surface area contributed by atoms with E-state index in [1.807, 2.05) is 29.3 Å². The standard InChI is InChI=1S/C26H32N4O4/c31-25(29-34-24-7-3-4-14-33-24)19-8-9-21-17-30(13-11-18(21)15-19)26(32)27-12-10-20-16-28-23-6-2-1-5-22(20)23/h1-2,5-6,9,15-16,19,24,28H,3-4,7-8,10-14,17H2,(H,27,32)(H,29,31). The van der Waals surface area contributed by atoms with Crippen LogP contribution in [0.1, 0.15) is 37.7 Å². The van der Waals surface area contributed by atoms with Gasteiger partial charge in [-0.25, -0.2) is 15.1 Å². The third-order valence-corrected chi connectivity index (χ3v) is 6.84. The van der Waals surface area contributed by atoms with E-state index in [1.165, 1.54) is 10.9 Å². The van der Waals surface area contributed by atoms with Gasteiger partial charge in [0.05, 0.1) is 5.92 Å². The SMILES string of the molecule is O=C(NOC1CCCCO1)C1C=C2CCN(C(=O)NCCc3c[nH]c4ccccc34)CC2=CC1. The van der Waals surface area contributed by atoms with Crippen molar-refractivity contribution in [2.24, 2.45) is 5.92 Å². The van der Waals surface area contributed by atoms with Crippen LogP contribution in [0.15, 0.2) is 53.8 Å². The number of benzene rings is 1. The van der Waals surface area contributed by atoms with Crippen molar-refractivity contribution in [1.82, 2.24) is 20.7 Å². The first-order valence-electron chi connectivity index (χ1n) is 12.2. The molecule has 1 aliphatic carbocycles. The normalized spacial score (nSPS) is 22.5. The number of hydrogen-bond acceptors (Lipinski definition) is 4. The van der Waals surface area contributed by atoms with Crippen LogP contribution in [-0.4, -0.2) is 54.4 Å². The largest absolute Gasteiger partial charge is 0.361 e. The molecule has 2 saturated heterocycles. The van der Waals surface area contributed by atoms with E-state index >= 15 is 0 Å². The van der Waals surface area contributed by atoms with Gasteiger partial charge in [-0.1, -0.05) is 30.4 Å². The molecule has 3 N–H and O–H groups in total. The Labute approximate surface area is 199 Å². The molecule has 8 nitrogen and oxygen atoms in total. The Morgan fingerprint density at radius 1 is 1.21 bits per heavy atom. The summed E-state index contributed by atoms with van der Waals surface area (Å²) in [6.45, 7) is 2.48. The highest BCUT2D eigenvalue weighted by Crippen LogP contribution is 2.30. The number of carbonyl (C=O) groups excluding carboxylic acids is 2. The van der Waals surface area contributed by atoms with Gasteiger partial charge in [-0.15, -0.1) is 0 Å². The van der Waals surface area contributed by atoms with Gasteiger partial charge in [0, 0.05) is 49.8 Å². The molecule has 0 bridgehead atoms. The summed E-state index contributed by atoms with van der Waals surface area (Å²) in [7, 11) is 0. The minimum absolute atomic E-state index is 0.0412. The van der Waals surface area contributed by atoms with Crippen LogP contribution in [0.4, 0.5) is 4.79 Å². The number of fused-ring (bicyclic) bond motifs is 2. The minimum Gasteiger partial charge on any atom is -0.361 e. The van der Waals surface area contributed by atoms with E-state index in [1.54, 1.807) is 0 Å². The molecular formula is C26H32N4O4. The summed E-state index contributed by atoms with van der Waals surface area (Å²) in [5.41, 5.74) is 7.19. The number of urea groups is 1. The highest BCUT2D eigenvalue weighted by Gasteiger charge is 2.28. The lowest BCUT2D eigenvalue weighted by Gasteiger charge is -2.33. The second-order valence-electron chi connectivity index (χ2n) is 9.16. The third-order valence-electron chi connectivity index (χ3n) is 6.84. The van der Waals surface area contributed by atoms with E-state index in [0.29, 0.717) is 32.7 Å². The summed E-state index contributed by atoms with van der Waals surface area (Å²) in [5.74, 6) is -0.395. The van der Waals surface area contributed by atoms with Crippen molar-refractivity contribution in [2.75, 3.05) is 26.2 Å². The maximum atomic E-state index is 12.7. The fourth-order valence-corrected chi connectivity index (χ4v) is 4.88. The molecule has 180 valence electrons. The summed E-state index contributed by atoms with van der Waals surface area (Å²) in [5, 5.41) is 4.26. The Bertz CT molecular complexity index is 1100. The molecule has 2 unspecified atom stereocenters. The van der Waals surface area contributed by atoms with Crippen molar-refractivity contribution < 1.29 is 19.2 Å². The Morgan fingerprint density at radius 2 is 2.12 bits per heavy atom. The molecule has 3 aliphatic rings. The molecule has 3 heterocycles. The molecule has 1 aromatic carbocycles. The van der Waals surface area contributed by atoms with E-state index in [4.69, 9.17) is 9.57 Å². The zero-order valence-electron chi connectivity index (χ0n) is 19.3. The highest BCUT2D eigenvalue weighted by molar-refractivity contribution is 5.83. The maximum absolute atomic E-state index is 12.7. The predicted molar refractivity (Wildman–Crippen MR) is 129 cm³/mol. The van der Waals surface area contributed by atoms with E-state index in [9.17, 15) is 9.59 Å². The molecule has 0 radical (unpaired) electrons. The molecule has 0 saturated carbocycles. The van der Waals surface area contributed by atoms with Gasteiger partial charge in [0.1, 0.15) is 0 Å². The monoisotopic (exact) mass is 464 g/mol. The first-order chi connectivity index (χ1) is 16.7.